The van der Waals surface area contributed by atoms with Crippen molar-refractivity contribution in [2.45, 2.75) is 77.9 Å². The molecule has 3 fully saturated rings. The van der Waals surface area contributed by atoms with E-state index in [1.54, 1.807) is 24.3 Å². The van der Waals surface area contributed by atoms with E-state index in [1.807, 2.05) is 95.9 Å². The van der Waals surface area contributed by atoms with E-state index >= 15 is 0 Å². The number of amides is 1. The van der Waals surface area contributed by atoms with Crippen LogP contribution in [0, 0.1) is 0 Å². The maximum atomic E-state index is 14.1. The van der Waals surface area contributed by atoms with Crippen LogP contribution in [-0.2, 0) is 36.3 Å². The highest BCUT2D eigenvalue weighted by Gasteiger charge is 2.37. The molecule has 1 N–H and O–H groups in total. The first kappa shape index (κ1) is 49.6. The number of hydrogen-bond acceptors (Lipinski definition) is 11. The van der Waals surface area contributed by atoms with E-state index in [1.165, 1.54) is 50.5 Å². The zero-order chi connectivity index (χ0) is 49.8. The summed E-state index contributed by atoms with van der Waals surface area (Å²) in [7, 11) is -8.56. The summed E-state index contributed by atoms with van der Waals surface area (Å²) >= 11 is 0. The number of nitrogens with zero attached hydrogens (tertiary/aromatic N) is 4. The Morgan fingerprint density at radius 1 is 0.577 bits per heavy atom. The second-order valence-electron chi connectivity index (χ2n) is 18.4. The Kier molecular flexibility index (Phi) is 14.8. The Hall–Kier alpha value is -6.40. The molecule has 0 aromatic heterocycles. The van der Waals surface area contributed by atoms with Crippen molar-refractivity contribution < 1.29 is 39.5 Å². The summed E-state index contributed by atoms with van der Waals surface area (Å²) in [5.74, 6) is 1.06. The van der Waals surface area contributed by atoms with Gasteiger partial charge in [0.1, 0.15) is 23.7 Å². The average molecular weight is 1020 g/mol. The number of carbonyl (C=O) groups is 1. The van der Waals surface area contributed by atoms with E-state index in [-0.39, 0.29) is 51.0 Å². The predicted octanol–water partition coefficient (Wildman–Crippen LogP) is 8.66. The van der Waals surface area contributed by atoms with Gasteiger partial charge in [-0.05, 0) is 116 Å². The van der Waals surface area contributed by atoms with E-state index in [4.69, 9.17) is 9.47 Å². The average Bonchev–Trinajstić information content (AvgIpc) is 4.23. The first-order chi connectivity index (χ1) is 34.2. The van der Waals surface area contributed by atoms with Gasteiger partial charge < -0.3 is 24.2 Å². The molecule has 1 amide bonds. The second kappa shape index (κ2) is 21.1. The standard InChI is InChI=1S/C54H59N5O9S3/c1-56(2)71(65,66)48-24-20-41(21-25-48)54(60)59(42-22-23-42)52-18-10-9-17-51(52)58-37-32-45(33-38-58)68-53-19-11-6-12-40(53)34-39-69(61,62)46-26-28-47(29-27-46)70(63,64)55-49-15-7-8-16-50(49)57-35-30-44(31-36-57)67-43-13-4-3-5-14-43/h3-21,24-29,42,44-45,55H,22-23,30-39H2,1-2H3. The Morgan fingerprint density at radius 2 is 1.11 bits per heavy atom. The van der Waals surface area contributed by atoms with Gasteiger partial charge in [0.05, 0.1) is 43.2 Å². The molecule has 1 saturated carbocycles. The van der Waals surface area contributed by atoms with Gasteiger partial charge in [-0.3, -0.25) is 9.52 Å². The quantitative estimate of drug-likeness (QED) is 0.0877. The fraction of sp³-hybridized carbons (Fsp3) is 0.315. The summed E-state index contributed by atoms with van der Waals surface area (Å²) in [6, 6.07) is 43.8. The molecule has 3 aliphatic rings. The molecule has 2 saturated heterocycles. The minimum atomic E-state index is -4.06. The van der Waals surface area contributed by atoms with Gasteiger partial charge in [-0.2, -0.15) is 0 Å². The summed E-state index contributed by atoms with van der Waals surface area (Å²) in [6.45, 7) is 2.71. The molecule has 2 aliphatic heterocycles. The number of sulfone groups is 1. The first-order valence-electron chi connectivity index (χ1n) is 24.0. The summed E-state index contributed by atoms with van der Waals surface area (Å²) < 4.78 is 96.8. The van der Waals surface area contributed by atoms with Crippen LogP contribution in [0.15, 0.2) is 166 Å². The molecule has 6 aromatic carbocycles. The first-order valence-corrected chi connectivity index (χ1v) is 28.6. The number of aryl methyl sites for hydroxylation is 1. The molecule has 0 spiro atoms. The minimum Gasteiger partial charge on any atom is -0.490 e. The van der Waals surface area contributed by atoms with Gasteiger partial charge in [0.25, 0.3) is 15.9 Å². The van der Waals surface area contributed by atoms with Crippen LogP contribution < -0.4 is 28.9 Å². The van der Waals surface area contributed by atoms with E-state index < -0.39 is 29.9 Å². The van der Waals surface area contributed by atoms with Gasteiger partial charge in [-0.15, -0.1) is 0 Å². The van der Waals surface area contributed by atoms with E-state index in [9.17, 15) is 30.0 Å². The lowest BCUT2D eigenvalue weighted by Gasteiger charge is -2.37. The van der Waals surface area contributed by atoms with Crippen molar-refractivity contribution in [1.82, 2.24) is 4.31 Å². The topological polar surface area (TPSA) is 163 Å². The van der Waals surface area contributed by atoms with Gasteiger partial charge in [0, 0.05) is 77.6 Å². The van der Waals surface area contributed by atoms with Crippen molar-refractivity contribution in [2.75, 3.05) is 65.4 Å². The zero-order valence-corrected chi connectivity index (χ0v) is 42.3. The molecule has 0 atom stereocenters. The summed E-state index contributed by atoms with van der Waals surface area (Å²) in [6.07, 6.45) is 4.83. The number of para-hydroxylation sites is 6. The summed E-state index contributed by atoms with van der Waals surface area (Å²) in [5, 5.41) is 0. The van der Waals surface area contributed by atoms with Crippen LogP contribution >= 0.6 is 0 Å². The van der Waals surface area contributed by atoms with Crippen molar-refractivity contribution in [3.8, 4) is 11.5 Å². The molecule has 71 heavy (non-hydrogen) atoms. The number of benzene rings is 6. The molecule has 372 valence electrons. The maximum absolute atomic E-state index is 14.1. The van der Waals surface area contributed by atoms with Crippen LogP contribution in [0.3, 0.4) is 0 Å². The third kappa shape index (κ3) is 11.5. The highest BCUT2D eigenvalue weighted by atomic mass is 32.2. The van der Waals surface area contributed by atoms with Gasteiger partial charge in [0.15, 0.2) is 9.84 Å². The smallest absolute Gasteiger partial charge is 0.261 e. The number of anilines is 4. The number of ether oxygens (including phenoxy) is 2. The Morgan fingerprint density at radius 3 is 1.76 bits per heavy atom. The van der Waals surface area contributed by atoms with Crippen LogP contribution in [0.4, 0.5) is 22.7 Å². The Balaban J connectivity index is 0.796. The van der Waals surface area contributed by atoms with E-state index in [2.05, 4.69) is 14.5 Å². The van der Waals surface area contributed by atoms with Crippen molar-refractivity contribution in [3.05, 3.63) is 163 Å². The molecule has 17 heteroatoms. The molecule has 6 aromatic rings. The molecule has 0 bridgehead atoms. The predicted molar refractivity (Wildman–Crippen MR) is 278 cm³/mol. The van der Waals surface area contributed by atoms with Crippen molar-refractivity contribution >= 4 is 58.5 Å². The normalized spacial score (nSPS) is 16.2. The zero-order valence-electron chi connectivity index (χ0n) is 39.8. The number of hydrogen-bond donors (Lipinski definition) is 1. The SMILES string of the molecule is CN(C)S(=O)(=O)c1ccc(C(=O)N(c2ccccc2N2CCC(Oc3ccccc3CCS(=O)(=O)c3ccc(S(=O)(=O)Nc4ccccc4N4CCC(Oc5ccccc5)CC4)cc3)CC2)C2CC2)cc1. The molecule has 0 radical (unpaired) electrons. The fourth-order valence-corrected chi connectivity index (χ4v) is 12.5. The molecule has 14 nitrogen and oxygen atoms in total. The Labute approximate surface area is 417 Å². The number of piperidine rings is 2. The monoisotopic (exact) mass is 1020 g/mol. The third-order valence-electron chi connectivity index (χ3n) is 13.3. The van der Waals surface area contributed by atoms with Crippen LogP contribution in [-0.4, -0.2) is 99.7 Å². The van der Waals surface area contributed by atoms with Gasteiger partial charge in [-0.1, -0.05) is 60.7 Å². The van der Waals surface area contributed by atoms with Gasteiger partial charge >= 0.3 is 0 Å². The molecular formula is C54H59N5O9S3. The number of sulfonamides is 2. The minimum absolute atomic E-state index is 0.0267. The molecule has 1 aliphatic carbocycles. The summed E-state index contributed by atoms with van der Waals surface area (Å²) in [4.78, 5) is 20.5. The van der Waals surface area contributed by atoms with Gasteiger partial charge in [-0.25, -0.2) is 29.6 Å². The largest absolute Gasteiger partial charge is 0.490 e. The summed E-state index contributed by atoms with van der Waals surface area (Å²) in [5.41, 5.74) is 4.12. The van der Waals surface area contributed by atoms with Crippen LogP contribution in [0.5, 0.6) is 11.5 Å². The lowest BCUT2D eigenvalue weighted by Crippen LogP contribution is -2.40. The van der Waals surface area contributed by atoms with Crippen LogP contribution in [0.2, 0.25) is 0 Å². The highest BCUT2D eigenvalue weighted by molar-refractivity contribution is 7.93. The lowest BCUT2D eigenvalue weighted by atomic mass is 10.0. The molecule has 0 unspecified atom stereocenters. The van der Waals surface area contributed by atoms with Crippen LogP contribution in [0.1, 0.15) is 54.4 Å². The lowest BCUT2D eigenvalue weighted by molar-refractivity contribution is 0.0985. The molecule has 2 heterocycles. The third-order valence-corrected chi connectivity index (χ3v) is 18.3. The Bertz CT molecular complexity index is 3160. The fourth-order valence-electron chi connectivity index (χ4n) is 9.21. The van der Waals surface area contributed by atoms with E-state index in [0.717, 1.165) is 58.4 Å². The number of nitrogens with one attached hydrogen (secondary N) is 1. The van der Waals surface area contributed by atoms with E-state index in [0.29, 0.717) is 56.0 Å². The molecular weight excluding hydrogens is 959 g/mol. The number of rotatable bonds is 18. The van der Waals surface area contributed by atoms with Crippen molar-refractivity contribution in [2.24, 2.45) is 0 Å². The highest BCUT2D eigenvalue weighted by Crippen LogP contribution is 2.40. The van der Waals surface area contributed by atoms with Crippen LogP contribution in [0.25, 0.3) is 0 Å². The van der Waals surface area contributed by atoms with Crippen molar-refractivity contribution in [1.29, 1.82) is 0 Å². The maximum Gasteiger partial charge on any atom is 0.261 e. The number of carbonyl (C=O) groups excluding carboxylic acids is 1. The van der Waals surface area contributed by atoms with Crippen molar-refractivity contribution in [3.63, 3.8) is 0 Å². The second-order valence-corrected chi connectivity index (χ2v) is 24.3. The molecule has 9 rings (SSSR count). The van der Waals surface area contributed by atoms with Gasteiger partial charge in [0.2, 0.25) is 10.0 Å².